The lowest BCUT2D eigenvalue weighted by Crippen LogP contribution is -2.42. The smallest absolute Gasteiger partial charge is 0.328 e. The third-order valence-electron chi connectivity index (χ3n) is 2.59. The second-order valence-corrected chi connectivity index (χ2v) is 4.34. The van der Waals surface area contributed by atoms with E-state index < -0.39 is 24.6 Å². The Morgan fingerprint density at radius 2 is 1.94 bits per heavy atom. The number of nitrogens with one attached hydrogen (secondary N) is 1. The highest BCUT2D eigenvalue weighted by molar-refractivity contribution is 6.34. The zero-order valence-electron chi connectivity index (χ0n) is 9.96. The van der Waals surface area contributed by atoms with Crippen molar-refractivity contribution in [2.75, 3.05) is 6.67 Å². The molecule has 1 atom stereocenters. The summed E-state index contributed by atoms with van der Waals surface area (Å²) >= 11 is 5.90. The van der Waals surface area contributed by atoms with Crippen LogP contribution in [0.1, 0.15) is 21.5 Å². The Morgan fingerprint density at radius 1 is 1.39 bits per heavy atom. The van der Waals surface area contributed by atoms with Crippen molar-refractivity contribution in [3.63, 3.8) is 0 Å². The highest BCUT2D eigenvalue weighted by atomic mass is 35.5. The normalized spacial score (nSPS) is 12.0. The van der Waals surface area contributed by atoms with Crippen LogP contribution < -0.4 is 5.32 Å². The first kappa shape index (κ1) is 14.4. The van der Waals surface area contributed by atoms with E-state index in [2.05, 4.69) is 5.32 Å². The van der Waals surface area contributed by atoms with Gasteiger partial charge < -0.3 is 10.4 Å². The quantitative estimate of drug-likeness (QED) is 0.883. The Kier molecular flexibility index (Phi) is 4.67. The van der Waals surface area contributed by atoms with E-state index in [0.29, 0.717) is 0 Å². The number of benzene rings is 1. The molecular weight excluding hydrogens is 261 g/mol. The van der Waals surface area contributed by atoms with Gasteiger partial charge in [0.25, 0.3) is 5.91 Å². The van der Waals surface area contributed by atoms with E-state index >= 15 is 0 Å². The van der Waals surface area contributed by atoms with Crippen LogP contribution in [0.5, 0.6) is 0 Å². The fourth-order valence-corrected chi connectivity index (χ4v) is 1.66. The van der Waals surface area contributed by atoms with Crippen molar-refractivity contribution < 1.29 is 19.1 Å². The van der Waals surface area contributed by atoms with Crippen LogP contribution in [0.15, 0.2) is 12.1 Å². The maximum Gasteiger partial charge on any atom is 0.328 e. The largest absolute Gasteiger partial charge is 0.480 e. The van der Waals surface area contributed by atoms with Gasteiger partial charge in [0, 0.05) is 0 Å². The van der Waals surface area contributed by atoms with E-state index in [1.807, 2.05) is 6.92 Å². The number of alkyl halides is 1. The molecule has 0 saturated heterocycles. The molecule has 0 aliphatic carbocycles. The zero-order valence-corrected chi connectivity index (χ0v) is 10.7. The Labute approximate surface area is 109 Å². The summed E-state index contributed by atoms with van der Waals surface area (Å²) in [5.41, 5.74) is 1.90. The molecular formula is C12H13ClFNO3. The first-order valence-electron chi connectivity index (χ1n) is 5.23. The minimum Gasteiger partial charge on any atom is -0.480 e. The molecule has 0 radical (unpaired) electrons. The number of aliphatic carboxylic acids is 1. The lowest BCUT2D eigenvalue weighted by Gasteiger charge is -2.12. The number of carbonyl (C=O) groups is 2. The number of hydrogen-bond acceptors (Lipinski definition) is 2. The third kappa shape index (κ3) is 3.20. The van der Waals surface area contributed by atoms with Gasteiger partial charge in [-0.15, -0.1) is 0 Å². The number of amides is 1. The number of halogens is 2. The second kappa shape index (κ2) is 5.82. The first-order chi connectivity index (χ1) is 8.36. The molecule has 1 amide bonds. The molecule has 0 aliphatic heterocycles. The van der Waals surface area contributed by atoms with Crippen molar-refractivity contribution in [1.29, 1.82) is 0 Å². The molecule has 0 aromatic heterocycles. The Hall–Kier alpha value is -1.62. The number of carbonyl (C=O) groups excluding carboxylic acids is 1. The van der Waals surface area contributed by atoms with Crippen LogP contribution in [0, 0.1) is 13.8 Å². The summed E-state index contributed by atoms with van der Waals surface area (Å²) < 4.78 is 12.4. The molecule has 0 bridgehead atoms. The number of carboxylic acids is 1. The summed E-state index contributed by atoms with van der Waals surface area (Å²) in [6, 6.07) is 1.59. The van der Waals surface area contributed by atoms with Gasteiger partial charge in [0.05, 0.1) is 10.6 Å². The van der Waals surface area contributed by atoms with E-state index in [1.54, 1.807) is 19.1 Å². The van der Waals surface area contributed by atoms with Crippen molar-refractivity contribution in [3.05, 3.63) is 33.8 Å². The molecule has 2 N–H and O–H groups in total. The summed E-state index contributed by atoms with van der Waals surface area (Å²) in [6.45, 7) is 2.46. The van der Waals surface area contributed by atoms with E-state index in [-0.39, 0.29) is 10.6 Å². The van der Waals surface area contributed by atoms with Gasteiger partial charge >= 0.3 is 5.97 Å². The van der Waals surface area contributed by atoms with Crippen LogP contribution in [0.3, 0.4) is 0 Å². The summed E-state index contributed by atoms with van der Waals surface area (Å²) in [5, 5.41) is 10.9. The van der Waals surface area contributed by atoms with Crippen molar-refractivity contribution in [2.24, 2.45) is 0 Å². The molecule has 0 spiro atoms. The van der Waals surface area contributed by atoms with Crippen molar-refractivity contribution in [3.8, 4) is 0 Å². The summed E-state index contributed by atoms with van der Waals surface area (Å²) in [4.78, 5) is 22.4. The molecule has 1 aromatic carbocycles. The van der Waals surface area contributed by atoms with E-state index in [0.717, 1.165) is 11.1 Å². The molecule has 0 heterocycles. The van der Waals surface area contributed by atoms with E-state index in [9.17, 15) is 14.0 Å². The maximum absolute atomic E-state index is 12.4. The van der Waals surface area contributed by atoms with Crippen molar-refractivity contribution in [1.82, 2.24) is 5.32 Å². The molecule has 6 heteroatoms. The van der Waals surface area contributed by atoms with Gasteiger partial charge in [-0.1, -0.05) is 11.6 Å². The fourth-order valence-electron chi connectivity index (χ4n) is 1.36. The molecule has 18 heavy (non-hydrogen) atoms. The van der Waals surface area contributed by atoms with Crippen LogP contribution in [-0.2, 0) is 4.79 Å². The van der Waals surface area contributed by atoms with Crippen LogP contribution in [-0.4, -0.2) is 29.7 Å². The minimum atomic E-state index is -1.56. The molecule has 1 unspecified atom stereocenters. The third-order valence-corrected chi connectivity index (χ3v) is 2.90. The Bertz CT molecular complexity index is 490. The van der Waals surface area contributed by atoms with Crippen molar-refractivity contribution in [2.45, 2.75) is 19.9 Å². The maximum atomic E-state index is 12.4. The summed E-state index contributed by atoms with van der Waals surface area (Å²) in [7, 11) is 0. The van der Waals surface area contributed by atoms with Crippen molar-refractivity contribution >= 4 is 23.5 Å². The molecule has 0 saturated carbocycles. The second-order valence-electron chi connectivity index (χ2n) is 3.93. The highest BCUT2D eigenvalue weighted by Crippen LogP contribution is 2.20. The average molecular weight is 274 g/mol. The standard InChI is InChI=1S/C12H13ClFNO3/c1-6-3-8(9(13)4-7(6)2)11(16)15-10(5-14)12(17)18/h3-4,10H,5H2,1-2H3,(H,15,16)(H,17,18). The van der Waals surface area contributed by atoms with Gasteiger partial charge in [0.15, 0.2) is 6.04 Å². The van der Waals surface area contributed by atoms with Gasteiger partial charge in [0.1, 0.15) is 6.67 Å². The highest BCUT2D eigenvalue weighted by Gasteiger charge is 2.21. The number of rotatable bonds is 4. The van der Waals surface area contributed by atoms with Gasteiger partial charge in [-0.25, -0.2) is 9.18 Å². The number of hydrogen-bond donors (Lipinski definition) is 2. The predicted octanol–water partition coefficient (Wildman–Crippen LogP) is 2.11. The molecule has 4 nitrogen and oxygen atoms in total. The first-order valence-corrected chi connectivity index (χ1v) is 5.61. The number of aryl methyl sites for hydroxylation is 2. The SMILES string of the molecule is Cc1cc(Cl)c(C(=O)NC(CF)C(=O)O)cc1C. The monoisotopic (exact) mass is 273 g/mol. The van der Waals surface area contributed by atoms with Gasteiger partial charge in [-0.2, -0.15) is 0 Å². The van der Waals surface area contributed by atoms with Crippen LogP contribution in [0.2, 0.25) is 5.02 Å². The Balaban J connectivity index is 2.97. The Morgan fingerprint density at radius 3 is 2.44 bits per heavy atom. The lowest BCUT2D eigenvalue weighted by atomic mass is 10.1. The fraction of sp³-hybridized carbons (Fsp3) is 0.333. The van der Waals surface area contributed by atoms with Gasteiger partial charge in [-0.3, -0.25) is 4.79 Å². The summed E-state index contributed by atoms with van der Waals surface area (Å²) in [5.74, 6) is -2.13. The van der Waals surface area contributed by atoms with Gasteiger partial charge in [0.2, 0.25) is 0 Å². The van der Waals surface area contributed by atoms with Crippen LogP contribution in [0.25, 0.3) is 0 Å². The molecule has 98 valence electrons. The minimum absolute atomic E-state index is 0.138. The molecule has 1 rings (SSSR count). The van der Waals surface area contributed by atoms with Crippen LogP contribution in [0.4, 0.5) is 4.39 Å². The van der Waals surface area contributed by atoms with Crippen LogP contribution >= 0.6 is 11.6 Å². The van der Waals surface area contributed by atoms with Gasteiger partial charge in [-0.05, 0) is 37.1 Å². The lowest BCUT2D eigenvalue weighted by molar-refractivity contribution is -0.139. The summed E-state index contributed by atoms with van der Waals surface area (Å²) in [6.07, 6.45) is 0. The molecule has 0 aliphatic rings. The van der Waals surface area contributed by atoms with E-state index in [4.69, 9.17) is 16.7 Å². The molecule has 0 fully saturated rings. The number of carboxylic acid groups (broad SMARTS) is 1. The topological polar surface area (TPSA) is 66.4 Å². The van der Waals surface area contributed by atoms with E-state index in [1.165, 1.54) is 0 Å². The predicted molar refractivity (Wildman–Crippen MR) is 65.8 cm³/mol. The average Bonchev–Trinajstić information content (AvgIpc) is 2.29. The zero-order chi connectivity index (χ0) is 13.9. The molecule has 1 aromatic rings.